The molecule has 3 nitrogen and oxygen atoms in total. The molecule has 110 valence electrons. The molecule has 2 aliphatic rings. The highest BCUT2D eigenvalue weighted by molar-refractivity contribution is 5.81. The van der Waals surface area contributed by atoms with Gasteiger partial charge in [-0.3, -0.25) is 4.79 Å². The molecule has 0 spiro atoms. The summed E-state index contributed by atoms with van der Waals surface area (Å²) in [5.74, 6) is 1.34. The third kappa shape index (κ3) is 4.28. The molecule has 1 N–H and O–H groups in total. The molecule has 0 heterocycles. The van der Waals surface area contributed by atoms with Crippen LogP contribution in [0.5, 0.6) is 0 Å². The number of ketones is 1. The molecule has 0 aromatic carbocycles. The Morgan fingerprint density at radius 1 is 1.21 bits per heavy atom. The summed E-state index contributed by atoms with van der Waals surface area (Å²) in [6.45, 7) is 2.95. The van der Waals surface area contributed by atoms with Gasteiger partial charge < -0.3 is 9.84 Å². The van der Waals surface area contributed by atoms with Crippen LogP contribution < -0.4 is 0 Å². The fourth-order valence-corrected chi connectivity index (χ4v) is 3.55. The number of rotatable bonds is 6. The van der Waals surface area contributed by atoms with Crippen molar-refractivity contribution >= 4 is 5.78 Å². The molecule has 0 saturated heterocycles. The van der Waals surface area contributed by atoms with Crippen LogP contribution in [0.4, 0.5) is 0 Å². The summed E-state index contributed by atoms with van der Waals surface area (Å²) >= 11 is 0. The molecule has 1 unspecified atom stereocenters. The van der Waals surface area contributed by atoms with E-state index in [1.54, 1.807) is 0 Å². The lowest BCUT2D eigenvalue weighted by Gasteiger charge is -2.27. The van der Waals surface area contributed by atoms with Crippen LogP contribution in [0.2, 0.25) is 0 Å². The van der Waals surface area contributed by atoms with E-state index in [1.807, 2.05) is 0 Å². The molecule has 3 heteroatoms. The lowest BCUT2D eigenvalue weighted by Crippen LogP contribution is -2.26. The quantitative estimate of drug-likeness (QED) is 0.753. The first kappa shape index (κ1) is 15.0. The first-order chi connectivity index (χ1) is 9.18. The van der Waals surface area contributed by atoms with Crippen LogP contribution in [0.15, 0.2) is 0 Å². The number of hydrogen-bond donors (Lipinski definition) is 1. The summed E-state index contributed by atoms with van der Waals surface area (Å²) in [6, 6.07) is 0. The predicted octanol–water partition coefficient (Wildman–Crippen LogP) is 3.09. The van der Waals surface area contributed by atoms with Gasteiger partial charge in [0.05, 0.1) is 12.2 Å². The second kappa shape index (κ2) is 7.39. The Morgan fingerprint density at radius 2 is 2.05 bits per heavy atom. The average molecular weight is 268 g/mol. The van der Waals surface area contributed by atoms with Crippen LogP contribution in [0, 0.1) is 11.8 Å². The summed E-state index contributed by atoms with van der Waals surface area (Å²) in [6.07, 6.45) is 8.98. The Morgan fingerprint density at radius 3 is 2.74 bits per heavy atom. The molecule has 0 amide bonds. The van der Waals surface area contributed by atoms with Crippen LogP contribution in [0.25, 0.3) is 0 Å². The van der Waals surface area contributed by atoms with Crippen molar-refractivity contribution in [3.63, 3.8) is 0 Å². The maximum atomic E-state index is 11.9. The molecule has 0 radical (unpaired) electrons. The van der Waals surface area contributed by atoms with Gasteiger partial charge in [0.2, 0.25) is 0 Å². The van der Waals surface area contributed by atoms with Gasteiger partial charge in [0.15, 0.2) is 0 Å². The Balaban J connectivity index is 1.57. The number of unbranched alkanes of at least 4 members (excludes halogenated alkanes) is 1. The Hall–Kier alpha value is -0.410. The fourth-order valence-electron chi connectivity index (χ4n) is 3.55. The van der Waals surface area contributed by atoms with Crippen molar-refractivity contribution < 1.29 is 14.6 Å². The third-order valence-corrected chi connectivity index (χ3v) is 4.84. The minimum absolute atomic E-state index is 0.0650. The van der Waals surface area contributed by atoms with E-state index in [9.17, 15) is 9.90 Å². The smallest absolute Gasteiger partial charge is 0.136 e. The summed E-state index contributed by atoms with van der Waals surface area (Å²) in [7, 11) is 0. The number of aliphatic hydroxyl groups is 1. The van der Waals surface area contributed by atoms with E-state index in [-0.39, 0.29) is 12.2 Å². The number of ether oxygens (including phenoxy) is 1. The van der Waals surface area contributed by atoms with Gasteiger partial charge in [0.25, 0.3) is 0 Å². The largest absolute Gasteiger partial charge is 0.390 e. The second-order valence-corrected chi connectivity index (χ2v) is 6.35. The highest BCUT2D eigenvalue weighted by atomic mass is 16.5. The molecule has 0 aromatic rings. The Labute approximate surface area is 116 Å². The SMILES string of the molecule is C[C@H]1CCCC(=O)C1CCCCO[C@@H]1CCC[C@H]1O. The molecule has 0 aliphatic heterocycles. The van der Waals surface area contributed by atoms with Crippen molar-refractivity contribution in [2.75, 3.05) is 6.61 Å². The van der Waals surface area contributed by atoms with E-state index < -0.39 is 0 Å². The van der Waals surface area contributed by atoms with Crippen molar-refractivity contribution in [2.24, 2.45) is 11.8 Å². The fraction of sp³-hybridized carbons (Fsp3) is 0.938. The lowest BCUT2D eigenvalue weighted by molar-refractivity contribution is -0.126. The topological polar surface area (TPSA) is 46.5 Å². The average Bonchev–Trinajstić information content (AvgIpc) is 2.78. The van der Waals surface area contributed by atoms with Gasteiger partial charge in [-0.2, -0.15) is 0 Å². The van der Waals surface area contributed by atoms with E-state index in [2.05, 4.69) is 6.92 Å². The van der Waals surface area contributed by atoms with Crippen molar-refractivity contribution in [2.45, 2.75) is 76.9 Å². The standard InChI is InChI=1S/C16H28O3/c1-12-6-4-8-14(17)13(12)7-2-3-11-19-16-10-5-9-15(16)18/h12-13,15-16,18H,2-11H2,1H3/t12-,13?,15+,16+/m0/s1. The highest BCUT2D eigenvalue weighted by Crippen LogP contribution is 2.30. The van der Waals surface area contributed by atoms with Crippen LogP contribution in [0.3, 0.4) is 0 Å². The van der Waals surface area contributed by atoms with E-state index in [0.29, 0.717) is 17.6 Å². The van der Waals surface area contributed by atoms with Crippen LogP contribution in [-0.4, -0.2) is 29.7 Å². The van der Waals surface area contributed by atoms with Gasteiger partial charge in [0.1, 0.15) is 5.78 Å². The first-order valence-electron chi connectivity index (χ1n) is 8.01. The molecular weight excluding hydrogens is 240 g/mol. The van der Waals surface area contributed by atoms with Gasteiger partial charge in [-0.25, -0.2) is 0 Å². The summed E-state index contributed by atoms with van der Waals surface area (Å²) in [5.41, 5.74) is 0. The molecule has 19 heavy (non-hydrogen) atoms. The first-order valence-corrected chi connectivity index (χ1v) is 8.01. The van der Waals surface area contributed by atoms with E-state index in [0.717, 1.165) is 58.0 Å². The minimum Gasteiger partial charge on any atom is -0.390 e. The van der Waals surface area contributed by atoms with Crippen molar-refractivity contribution in [3.05, 3.63) is 0 Å². The molecule has 2 fully saturated rings. The predicted molar refractivity (Wildman–Crippen MR) is 75.0 cm³/mol. The number of aliphatic hydroxyl groups excluding tert-OH is 1. The zero-order valence-corrected chi connectivity index (χ0v) is 12.1. The van der Waals surface area contributed by atoms with E-state index in [4.69, 9.17) is 4.74 Å². The Bertz CT molecular complexity index is 290. The molecule has 2 rings (SSSR count). The lowest BCUT2D eigenvalue weighted by atomic mass is 9.77. The normalized spacial score (nSPS) is 35.8. The number of hydrogen-bond acceptors (Lipinski definition) is 3. The molecule has 2 saturated carbocycles. The van der Waals surface area contributed by atoms with Gasteiger partial charge in [-0.1, -0.05) is 13.3 Å². The molecule has 2 aliphatic carbocycles. The zero-order chi connectivity index (χ0) is 13.7. The van der Waals surface area contributed by atoms with E-state index in [1.165, 1.54) is 6.42 Å². The van der Waals surface area contributed by atoms with Gasteiger partial charge >= 0.3 is 0 Å². The summed E-state index contributed by atoms with van der Waals surface area (Å²) in [5, 5.41) is 9.65. The van der Waals surface area contributed by atoms with Crippen LogP contribution in [0.1, 0.15) is 64.7 Å². The third-order valence-electron chi connectivity index (χ3n) is 4.84. The van der Waals surface area contributed by atoms with Crippen molar-refractivity contribution in [1.29, 1.82) is 0 Å². The molecule has 0 bridgehead atoms. The maximum absolute atomic E-state index is 11.9. The van der Waals surface area contributed by atoms with Crippen molar-refractivity contribution in [3.8, 4) is 0 Å². The summed E-state index contributed by atoms with van der Waals surface area (Å²) < 4.78 is 5.72. The Kier molecular flexibility index (Phi) is 5.83. The second-order valence-electron chi connectivity index (χ2n) is 6.35. The number of carbonyl (C=O) groups is 1. The van der Waals surface area contributed by atoms with E-state index >= 15 is 0 Å². The van der Waals surface area contributed by atoms with Gasteiger partial charge in [-0.05, 0) is 50.9 Å². The monoisotopic (exact) mass is 268 g/mol. The molecule has 4 atom stereocenters. The zero-order valence-electron chi connectivity index (χ0n) is 12.1. The van der Waals surface area contributed by atoms with Crippen LogP contribution in [-0.2, 0) is 9.53 Å². The van der Waals surface area contributed by atoms with Gasteiger partial charge in [-0.15, -0.1) is 0 Å². The van der Waals surface area contributed by atoms with Crippen molar-refractivity contribution in [1.82, 2.24) is 0 Å². The molecular formula is C16H28O3. The van der Waals surface area contributed by atoms with Crippen LogP contribution >= 0.6 is 0 Å². The minimum atomic E-state index is -0.250. The summed E-state index contributed by atoms with van der Waals surface area (Å²) in [4.78, 5) is 11.9. The number of Topliss-reactive ketones (excluding diaryl/α,β-unsaturated/α-hetero) is 1. The highest BCUT2D eigenvalue weighted by Gasteiger charge is 2.28. The van der Waals surface area contributed by atoms with Gasteiger partial charge in [0, 0.05) is 18.9 Å². The number of carbonyl (C=O) groups excluding carboxylic acids is 1. The maximum Gasteiger partial charge on any atom is 0.136 e. The molecule has 0 aromatic heterocycles.